The van der Waals surface area contributed by atoms with Crippen molar-refractivity contribution in [1.82, 2.24) is 5.32 Å². The zero-order valence-corrected chi connectivity index (χ0v) is 12.8. The highest BCUT2D eigenvalue weighted by atomic mass is 32.2. The summed E-state index contributed by atoms with van der Waals surface area (Å²) in [5, 5.41) is 3.41. The fraction of sp³-hybridized carbons (Fsp3) is 0.533. The van der Waals surface area contributed by atoms with Crippen molar-refractivity contribution in [1.29, 1.82) is 0 Å². The zero-order valence-electron chi connectivity index (χ0n) is 11.9. The van der Waals surface area contributed by atoms with Gasteiger partial charge in [0.25, 0.3) is 0 Å². The molecular weight excluding hydrogens is 258 g/mol. The van der Waals surface area contributed by atoms with Crippen molar-refractivity contribution >= 4 is 17.7 Å². The summed E-state index contributed by atoms with van der Waals surface area (Å²) in [6.07, 6.45) is 0. The van der Waals surface area contributed by atoms with Crippen molar-refractivity contribution in [2.75, 3.05) is 18.9 Å². The monoisotopic (exact) mass is 281 g/mol. The summed E-state index contributed by atoms with van der Waals surface area (Å²) < 4.78 is 4.91. The second-order valence-electron chi connectivity index (χ2n) is 4.77. The van der Waals surface area contributed by atoms with Crippen LogP contribution >= 0.6 is 11.8 Å². The maximum absolute atomic E-state index is 11.3. The van der Waals surface area contributed by atoms with E-state index in [1.54, 1.807) is 0 Å². The molecule has 0 aliphatic rings. The van der Waals surface area contributed by atoms with Gasteiger partial charge in [0.1, 0.15) is 0 Å². The molecular formula is C15H23NO2S. The van der Waals surface area contributed by atoms with Gasteiger partial charge in [0.2, 0.25) is 0 Å². The number of thioether (sulfide) groups is 1. The second-order valence-corrected chi connectivity index (χ2v) is 5.81. The largest absolute Gasteiger partial charge is 0.465 e. The summed E-state index contributed by atoms with van der Waals surface area (Å²) in [7, 11) is 0. The second kappa shape index (κ2) is 8.99. The zero-order chi connectivity index (χ0) is 14.1. The van der Waals surface area contributed by atoms with Crippen molar-refractivity contribution in [2.45, 2.75) is 32.2 Å². The molecule has 0 aromatic heterocycles. The molecule has 0 fully saturated rings. The van der Waals surface area contributed by atoms with E-state index in [1.165, 1.54) is 17.3 Å². The lowest BCUT2D eigenvalue weighted by Gasteiger charge is -2.08. The first-order chi connectivity index (χ1) is 9.11. The Morgan fingerprint density at radius 2 is 2.21 bits per heavy atom. The lowest BCUT2D eigenvalue weighted by atomic mass is 10.2. The smallest absolute Gasteiger partial charge is 0.316 e. The summed E-state index contributed by atoms with van der Waals surface area (Å²) in [4.78, 5) is 12.4. The molecule has 0 atom stereocenters. The van der Waals surface area contributed by atoms with Crippen LogP contribution < -0.4 is 5.32 Å². The number of hydrogen-bond acceptors (Lipinski definition) is 4. The average Bonchev–Trinajstić information content (AvgIpc) is 2.37. The summed E-state index contributed by atoms with van der Waals surface area (Å²) in [6.45, 7) is 8.53. The number of carbonyl (C=O) groups is 1. The Hall–Kier alpha value is -1.00. The van der Waals surface area contributed by atoms with E-state index in [9.17, 15) is 4.79 Å². The summed E-state index contributed by atoms with van der Waals surface area (Å²) >= 11 is 1.52. The predicted molar refractivity (Wildman–Crippen MR) is 80.3 cm³/mol. The van der Waals surface area contributed by atoms with E-state index in [1.807, 2.05) is 19.1 Å². The van der Waals surface area contributed by atoms with Crippen LogP contribution in [0.5, 0.6) is 0 Å². The number of rotatable bonds is 8. The standard InChI is InChI=1S/C15H23NO2S/c1-4-18-15(17)11-19-14-7-5-6-13(8-14)10-16-9-12(2)3/h5-8,12,16H,4,9-11H2,1-3H3. The Morgan fingerprint density at radius 1 is 1.42 bits per heavy atom. The van der Waals surface area contributed by atoms with Gasteiger partial charge in [-0.15, -0.1) is 11.8 Å². The van der Waals surface area contributed by atoms with Crippen molar-refractivity contribution in [2.24, 2.45) is 5.92 Å². The van der Waals surface area contributed by atoms with Crippen LogP contribution in [-0.2, 0) is 16.1 Å². The molecule has 0 bridgehead atoms. The third-order valence-electron chi connectivity index (χ3n) is 2.44. The van der Waals surface area contributed by atoms with Gasteiger partial charge in [-0.1, -0.05) is 26.0 Å². The van der Waals surface area contributed by atoms with E-state index in [4.69, 9.17) is 4.74 Å². The fourth-order valence-electron chi connectivity index (χ4n) is 1.60. The minimum Gasteiger partial charge on any atom is -0.465 e. The Bertz CT molecular complexity index is 393. The average molecular weight is 281 g/mol. The van der Waals surface area contributed by atoms with Crippen LogP contribution in [0.25, 0.3) is 0 Å². The summed E-state index contributed by atoms with van der Waals surface area (Å²) in [6, 6.07) is 8.27. The van der Waals surface area contributed by atoms with E-state index < -0.39 is 0 Å². The molecule has 0 saturated carbocycles. The van der Waals surface area contributed by atoms with Crippen LogP contribution in [0, 0.1) is 5.92 Å². The normalized spacial score (nSPS) is 10.7. The molecule has 0 aliphatic heterocycles. The topological polar surface area (TPSA) is 38.3 Å². The van der Waals surface area contributed by atoms with Crippen LogP contribution in [0.2, 0.25) is 0 Å². The van der Waals surface area contributed by atoms with Gasteiger partial charge < -0.3 is 10.1 Å². The number of ether oxygens (including phenoxy) is 1. The van der Waals surface area contributed by atoms with Crippen LogP contribution in [0.15, 0.2) is 29.2 Å². The van der Waals surface area contributed by atoms with Crippen LogP contribution in [0.1, 0.15) is 26.3 Å². The Kier molecular flexibility index (Phi) is 7.60. The van der Waals surface area contributed by atoms with E-state index in [2.05, 4.69) is 31.3 Å². The summed E-state index contributed by atoms with van der Waals surface area (Å²) in [5.74, 6) is 0.869. The molecule has 0 heterocycles. The lowest BCUT2D eigenvalue weighted by molar-refractivity contribution is -0.139. The van der Waals surface area contributed by atoms with E-state index in [0.29, 0.717) is 18.3 Å². The highest BCUT2D eigenvalue weighted by molar-refractivity contribution is 8.00. The Balaban J connectivity index is 2.41. The number of hydrogen-bond donors (Lipinski definition) is 1. The van der Waals surface area contributed by atoms with E-state index in [0.717, 1.165) is 18.0 Å². The summed E-state index contributed by atoms with van der Waals surface area (Å²) in [5.41, 5.74) is 1.24. The number of nitrogens with one attached hydrogen (secondary N) is 1. The molecule has 4 heteroatoms. The van der Waals surface area contributed by atoms with Gasteiger partial charge in [0, 0.05) is 11.4 Å². The van der Waals surface area contributed by atoms with Crippen LogP contribution in [-0.4, -0.2) is 24.9 Å². The molecule has 0 saturated heterocycles. The molecule has 0 spiro atoms. The SMILES string of the molecule is CCOC(=O)CSc1cccc(CNCC(C)C)c1. The van der Waals surface area contributed by atoms with Crippen molar-refractivity contribution in [3.8, 4) is 0 Å². The van der Waals surface area contributed by atoms with Gasteiger partial charge in [-0.2, -0.15) is 0 Å². The van der Waals surface area contributed by atoms with Crippen LogP contribution in [0.3, 0.4) is 0 Å². The maximum atomic E-state index is 11.3. The van der Waals surface area contributed by atoms with E-state index >= 15 is 0 Å². The third-order valence-corrected chi connectivity index (χ3v) is 3.41. The molecule has 1 N–H and O–H groups in total. The third kappa shape index (κ3) is 7.23. The first-order valence-corrected chi connectivity index (χ1v) is 7.68. The molecule has 19 heavy (non-hydrogen) atoms. The first kappa shape index (κ1) is 16.1. The fourth-order valence-corrected chi connectivity index (χ4v) is 2.37. The minimum absolute atomic E-state index is 0.157. The van der Waals surface area contributed by atoms with Crippen molar-refractivity contribution in [3.63, 3.8) is 0 Å². The lowest BCUT2D eigenvalue weighted by Crippen LogP contribution is -2.18. The maximum Gasteiger partial charge on any atom is 0.316 e. The molecule has 1 aromatic carbocycles. The first-order valence-electron chi connectivity index (χ1n) is 6.70. The van der Waals surface area contributed by atoms with Gasteiger partial charge in [-0.3, -0.25) is 4.79 Å². The molecule has 3 nitrogen and oxygen atoms in total. The molecule has 0 unspecified atom stereocenters. The molecule has 1 aromatic rings. The highest BCUT2D eigenvalue weighted by Gasteiger charge is 2.04. The molecule has 1 rings (SSSR count). The van der Waals surface area contributed by atoms with Crippen molar-refractivity contribution < 1.29 is 9.53 Å². The van der Waals surface area contributed by atoms with Gasteiger partial charge in [-0.25, -0.2) is 0 Å². The molecule has 0 aliphatic carbocycles. The quantitative estimate of drug-likeness (QED) is 0.587. The van der Waals surface area contributed by atoms with Gasteiger partial charge in [-0.05, 0) is 37.1 Å². The van der Waals surface area contributed by atoms with Gasteiger partial charge in [0.15, 0.2) is 0 Å². The predicted octanol–water partition coefficient (Wildman–Crippen LogP) is 3.09. The molecule has 0 amide bonds. The Labute approximate surface area is 120 Å². The van der Waals surface area contributed by atoms with Gasteiger partial charge in [0.05, 0.1) is 12.4 Å². The Morgan fingerprint density at radius 3 is 2.89 bits per heavy atom. The number of carbonyl (C=O) groups excluding carboxylic acids is 1. The number of esters is 1. The van der Waals surface area contributed by atoms with E-state index in [-0.39, 0.29) is 5.97 Å². The molecule has 106 valence electrons. The van der Waals surface area contributed by atoms with Crippen LogP contribution in [0.4, 0.5) is 0 Å². The van der Waals surface area contributed by atoms with Crippen molar-refractivity contribution in [3.05, 3.63) is 29.8 Å². The minimum atomic E-state index is -0.157. The van der Waals surface area contributed by atoms with Gasteiger partial charge >= 0.3 is 5.97 Å². The molecule has 0 radical (unpaired) electrons. The highest BCUT2D eigenvalue weighted by Crippen LogP contribution is 2.19. The number of benzene rings is 1.